The number of hydrogen-bond acceptors (Lipinski definition) is 4. The van der Waals surface area contributed by atoms with Crippen molar-refractivity contribution in [2.24, 2.45) is 0 Å². The van der Waals surface area contributed by atoms with Crippen LogP contribution in [0.1, 0.15) is 19.3 Å². The highest BCUT2D eigenvalue weighted by molar-refractivity contribution is 5.78. The second-order valence-electron chi connectivity index (χ2n) is 2.03. The summed E-state index contributed by atoms with van der Waals surface area (Å²) in [5.41, 5.74) is 0. The Morgan fingerprint density at radius 1 is 1.30 bits per heavy atom. The summed E-state index contributed by atoms with van der Waals surface area (Å²) in [6.07, 6.45) is -1.13. The lowest BCUT2D eigenvalue weighted by atomic mass is 10.2. The molecule has 4 nitrogen and oxygen atoms in total. The van der Waals surface area contributed by atoms with Gasteiger partial charge in [0.05, 0.1) is 0 Å². The van der Waals surface area contributed by atoms with Crippen molar-refractivity contribution in [3.8, 4) is 0 Å². The van der Waals surface area contributed by atoms with Crippen LogP contribution in [0, 0.1) is 0 Å². The smallest absolute Gasteiger partial charge is 0.151 e. The van der Waals surface area contributed by atoms with Crippen molar-refractivity contribution in [3.05, 3.63) is 0 Å². The molecular weight excluding hydrogens is 136 g/mol. The van der Waals surface area contributed by atoms with Gasteiger partial charge in [0.1, 0.15) is 5.78 Å². The van der Waals surface area contributed by atoms with Gasteiger partial charge in [-0.15, -0.1) is 0 Å². The van der Waals surface area contributed by atoms with Gasteiger partial charge in [-0.05, 0) is 0 Å². The molecule has 0 aromatic heterocycles. The van der Waals surface area contributed by atoms with E-state index < -0.39 is 6.29 Å². The van der Waals surface area contributed by atoms with Gasteiger partial charge < -0.3 is 15.3 Å². The fourth-order valence-electron chi connectivity index (χ4n) is 0.540. The zero-order valence-corrected chi connectivity index (χ0v) is 5.66. The number of aliphatic hydroxyl groups is 3. The van der Waals surface area contributed by atoms with E-state index in [1.54, 1.807) is 0 Å². The Hall–Kier alpha value is -0.450. The summed E-state index contributed by atoms with van der Waals surface area (Å²) in [6.45, 7) is -0.166. The van der Waals surface area contributed by atoms with Crippen LogP contribution in [0.2, 0.25) is 0 Å². The van der Waals surface area contributed by atoms with Crippen LogP contribution in [0.15, 0.2) is 0 Å². The number of Topliss-reactive ketones (excluding diaryl/α,β-unsaturated/α-hetero) is 1. The molecule has 0 spiro atoms. The molecule has 0 unspecified atom stereocenters. The molecular formula is C6H12O4. The van der Waals surface area contributed by atoms with Crippen LogP contribution in [0.25, 0.3) is 0 Å². The van der Waals surface area contributed by atoms with Crippen molar-refractivity contribution in [1.29, 1.82) is 0 Å². The van der Waals surface area contributed by atoms with Crippen molar-refractivity contribution < 1.29 is 20.1 Å². The standard InChI is InChI=1S/C6H12O4/c7-4-3-5(8)1-2-6(9)10/h6-7,9-10H,1-4H2. The van der Waals surface area contributed by atoms with Crippen molar-refractivity contribution in [2.45, 2.75) is 25.6 Å². The van der Waals surface area contributed by atoms with E-state index in [1.165, 1.54) is 0 Å². The summed E-state index contributed by atoms with van der Waals surface area (Å²) in [7, 11) is 0. The minimum Gasteiger partial charge on any atom is -0.396 e. The molecule has 60 valence electrons. The molecule has 0 aromatic rings. The maximum atomic E-state index is 10.6. The van der Waals surface area contributed by atoms with Crippen molar-refractivity contribution in [1.82, 2.24) is 0 Å². The summed E-state index contributed by atoms with van der Waals surface area (Å²) in [5.74, 6) is -0.143. The fourth-order valence-corrected chi connectivity index (χ4v) is 0.540. The molecule has 0 amide bonds. The Morgan fingerprint density at radius 2 is 1.90 bits per heavy atom. The molecule has 0 aliphatic carbocycles. The first-order valence-electron chi connectivity index (χ1n) is 3.15. The van der Waals surface area contributed by atoms with Crippen molar-refractivity contribution >= 4 is 5.78 Å². The van der Waals surface area contributed by atoms with Crippen LogP contribution in [-0.2, 0) is 4.79 Å². The van der Waals surface area contributed by atoms with Gasteiger partial charge in [-0.25, -0.2) is 0 Å². The van der Waals surface area contributed by atoms with Gasteiger partial charge in [0.2, 0.25) is 0 Å². The maximum absolute atomic E-state index is 10.6. The van der Waals surface area contributed by atoms with E-state index in [9.17, 15) is 4.79 Å². The molecule has 3 N–H and O–H groups in total. The van der Waals surface area contributed by atoms with Gasteiger partial charge in [-0.3, -0.25) is 4.79 Å². The first kappa shape index (κ1) is 9.55. The summed E-state index contributed by atoms with van der Waals surface area (Å²) >= 11 is 0. The molecule has 4 heteroatoms. The first-order chi connectivity index (χ1) is 4.66. The molecule has 0 aliphatic heterocycles. The third-order valence-electron chi connectivity index (χ3n) is 1.07. The van der Waals surface area contributed by atoms with Crippen LogP contribution in [0.4, 0.5) is 0 Å². The fraction of sp³-hybridized carbons (Fsp3) is 0.833. The topological polar surface area (TPSA) is 77.8 Å². The van der Waals surface area contributed by atoms with E-state index in [1.807, 2.05) is 0 Å². The summed E-state index contributed by atoms with van der Waals surface area (Å²) in [4.78, 5) is 10.6. The van der Waals surface area contributed by atoms with Crippen LogP contribution >= 0.6 is 0 Å². The van der Waals surface area contributed by atoms with Gasteiger partial charge in [0.25, 0.3) is 0 Å². The number of ketones is 1. The summed E-state index contributed by atoms with van der Waals surface area (Å²) in [5, 5.41) is 24.9. The van der Waals surface area contributed by atoms with Crippen LogP contribution in [-0.4, -0.2) is 34.0 Å². The third kappa shape index (κ3) is 5.68. The van der Waals surface area contributed by atoms with E-state index in [4.69, 9.17) is 15.3 Å². The average molecular weight is 148 g/mol. The highest BCUT2D eigenvalue weighted by Gasteiger charge is 2.03. The quantitative estimate of drug-likeness (QED) is 0.438. The second-order valence-corrected chi connectivity index (χ2v) is 2.03. The Morgan fingerprint density at radius 3 is 2.30 bits per heavy atom. The lowest BCUT2D eigenvalue weighted by molar-refractivity contribution is -0.122. The van der Waals surface area contributed by atoms with E-state index >= 15 is 0 Å². The van der Waals surface area contributed by atoms with Gasteiger partial charge in [-0.1, -0.05) is 0 Å². The Bertz CT molecular complexity index is 99.9. The molecule has 0 saturated carbocycles. The number of carbonyl (C=O) groups is 1. The molecule has 0 radical (unpaired) electrons. The normalized spacial score (nSPS) is 10.4. The predicted molar refractivity (Wildman–Crippen MR) is 34.2 cm³/mol. The summed E-state index contributed by atoms with van der Waals surface area (Å²) in [6, 6.07) is 0. The largest absolute Gasteiger partial charge is 0.396 e. The van der Waals surface area contributed by atoms with Gasteiger partial charge in [0.15, 0.2) is 6.29 Å². The van der Waals surface area contributed by atoms with Gasteiger partial charge in [-0.2, -0.15) is 0 Å². The zero-order valence-electron chi connectivity index (χ0n) is 5.66. The molecule has 0 bridgehead atoms. The van der Waals surface area contributed by atoms with Gasteiger partial charge >= 0.3 is 0 Å². The molecule has 0 aromatic carbocycles. The maximum Gasteiger partial charge on any atom is 0.151 e. The van der Waals surface area contributed by atoms with E-state index in [0.717, 1.165) is 0 Å². The third-order valence-corrected chi connectivity index (χ3v) is 1.07. The van der Waals surface area contributed by atoms with Crippen molar-refractivity contribution in [3.63, 3.8) is 0 Å². The lowest BCUT2D eigenvalue weighted by Gasteiger charge is -2.00. The first-order valence-corrected chi connectivity index (χ1v) is 3.15. The van der Waals surface area contributed by atoms with Crippen LogP contribution < -0.4 is 0 Å². The van der Waals surface area contributed by atoms with Crippen LogP contribution in [0.3, 0.4) is 0 Å². The van der Waals surface area contributed by atoms with Crippen molar-refractivity contribution in [2.75, 3.05) is 6.61 Å². The minimum absolute atomic E-state index is 0.0544. The molecule has 0 saturated heterocycles. The minimum atomic E-state index is -1.41. The monoisotopic (exact) mass is 148 g/mol. The van der Waals surface area contributed by atoms with E-state index in [2.05, 4.69) is 0 Å². The number of aliphatic hydroxyl groups excluding tert-OH is 2. The predicted octanol–water partition coefficient (Wildman–Crippen LogP) is -0.971. The molecule has 0 aliphatic rings. The molecule has 0 atom stereocenters. The molecule has 10 heavy (non-hydrogen) atoms. The highest BCUT2D eigenvalue weighted by atomic mass is 16.5. The van der Waals surface area contributed by atoms with E-state index in [0.29, 0.717) is 0 Å². The molecule has 0 fully saturated rings. The average Bonchev–Trinajstić information content (AvgIpc) is 1.85. The lowest BCUT2D eigenvalue weighted by Crippen LogP contribution is -2.08. The second kappa shape index (κ2) is 5.34. The Balaban J connectivity index is 3.22. The SMILES string of the molecule is O=C(CCO)CCC(O)O. The van der Waals surface area contributed by atoms with Gasteiger partial charge in [0, 0.05) is 25.9 Å². The Labute approximate surface area is 59.1 Å². The number of rotatable bonds is 5. The highest BCUT2D eigenvalue weighted by Crippen LogP contribution is 1.96. The Kier molecular flexibility index (Phi) is 5.10. The van der Waals surface area contributed by atoms with Crippen LogP contribution in [0.5, 0.6) is 0 Å². The summed E-state index contributed by atoms with van der Waals surface area (Å²) < 4.78 is 0. The van der Waals surface area contributed by atoms with E-state index in [-0.39, 0.29) is 31.7 Å². The number of hydrogen-bond donors (Lipinski definition) is 3. The molecule has 0 heterocycles. The molecule has 0 rings (SSSR count). The number of carbonyl (C=O) groups excluding carboxylic acids is 1. The zero-order chi connectivity index (χ0) is 7.98.